The molecule has 26 heavy (non-hydrogen) atoms. The number of carbonyl (C=O) groups is 2. The molecule has 1 aromatic rings. The van der Waals surface area contributed by atoms with Crippen LogP contribution in [0.25, 0.3) is 0 Å². The number of hydrogen-bond donors (Lipinski definition) is 1. The minimum Gasteiger partial charge on any atom is -0.342 e. The number of carbonyl (C=O) groups excluding carboxylic acids is 2. The Kier molecular flexibility index (Phi) is 7.95. The molecule has 1 N–H and O–H groups in total. The SMILES string of the molecule is CCCN(CCC)C(=O)C1CCC(C(=O)Nc2ccc(C)c(Cl)c2)CC1. The van der Waals surface area contributed by atoms with Crippen LogP contribution in [-0.2, 0) is 9.59 Å². The molecular formula is C21H31ClN2O2. The Morgan fingerprint density at radius 1 is 1.08 bits per heavy atom. The summed E-state index contributed by atoms with van der Waals surface area (Å²) in [5.74, 6) is 0.364. The lowest BCUT2D eigenvalue weighted by molar-refractivity contribution is -0.138. The van der Waals surface area contributed by atoms with E-state index in [2.05, 4.69) is 19.2 Å². The largest absolute Gasteiger partial charge is 0.342 e. The maximum absolute atomic E-state index is 12.7. The van der Waals surface area contributed by atoms with Crippen molar-refractivity contribution in [3.05, 3.63) is 28.8 Å². The van der Waals surface area contributed by atoms with Gasteiger partial charge < -0.3 is 10.2 Å². The maximum atomic E-state index is 12.7. The van der Waals surface area contributed by atoms with Crippen molar-refractivity contribution < 1.29 is 9.59 Å². The van der Waals surface area contributed by atoms with Gasteiger partial charge in [0.1, 0.15) is 0 Å². The highest BCUT2D eigenvalue weighted by Crippen LogP contribution is 2.31. The molecule has 0 atom stereocenters. The Balaban J connectivity index is 1.87. The predicted octanol–water partition coefficient (Wildman–Crippen LogP) is 5.04. The summed E-state index contributed by atoms with van der Waals surface area (Å²) in [6, 6.07) is 5.57. The van der Waals surface area contributed by atoms with Crippen LogP contribution in [0, 0.1) is 18.8 Å². The lowest BCUT2D eigenvalue weighted by atomic mass is 9.80. The fraction of sp³-hybridized carbons (Fsp3) is 0.619. The van der Waals surface area contributed by atoms with E-state index in [1.165, 1.54) is 0 Å². The molecule has 2 amide bonds. The fourth-order valence-corrected chi connectivity index (χ4v) is 3.83. The molecule has 1 aromatic carbocycles. The van der Waals surface area contributed by atoms with Gasteiger partial charge in [-0.15, -0.1) is 0 Å². The first-order chi connectivity index (χ1) is 12.5. The van der Waals surface area contributed by atoms with Crippen LogP contribution in [0.1, 0.15) is 57.9 Å². The van der Waals surface area contributed by atoms with E-state index in [1.54, 1.807) is 6.07 Å². The zero-order chi connectivity index (χ0) is 19.1. The molecule has 1 aliphatic carbocycles. The molecule has 1 aliphatic rings. The second kappa shape index (κ2) is 9.96. The molecule has 2 rings (SSSR count). The van der Waals surface area contributed by atoms with E-state index in [9.17, 15) is 9.59 Å². The van der Waals surface area contributed by atoms with Crippen LogP contribution in [0.3, 0.4) is 0 Å². The Hall–Kier alpha value is -1.55. The van der Waals surface area contributed by atoms with Crippen molar-refractivity contribution in [3.8, 4) is 0 Å². The summed E-state index contributed by atoms with van der Waals surface area (Å²) < 4.78 is 0. The number of halogens is 1. The molecule has 0 aromatic heterocycles. The highest BCUT2D eigenvalue weighted by atomic mass is 35.5. The van der Waals surface area contributed by atoms with E-state index in [0.717, 1.165) is 62.9 Å². The van der Waals surface area contributed by atoms with Gasteiger partial charge in [0.2, 0.25) is 11.8 Å². The first-order valence-electron chi connectivity index (χ1n) is 9.82. The van der Waals surface area contributed by atoms with Crippen LogP contribution in [-0.4, -0.2) is 29.8 Å². The number of benzene rings is 1. The van der Waals surface area contributed by atoms with Crippen LogP contribution >= 0.6 is 11.6 Å². The van der Waals surface area contributed by atoms with Crippen molar-refractivity contribution in [1.29, 1.82) is 0 Å². The van der Waals surface area contributed by atoms with Gasteiger partial charge >= 0.3 is 0 Å². The van der Waals surface area contributed by atoms with Crippen LogP contribution in [0.2, 0.25) is 5.02 Å². The summed E-state index contributed by atoms with van der Waals surface area (Å²) in [6.07, 6.45) is 5.12. The maximum Gasteiger partial charge on any atom is 0.227 e. The molecular weight excluding hydrogens is 348 g/mol. The van der Waals surface area contributed by atoms with Gasteiger partial charge in [-0.25, -0.2) is 0 Å². The number of amides is 2. The standard InChI is InChI=1S/C21H31ClN2O2/c1-4-12-24(13-5-2)21(26)17-9-7-16(8-10-17)20(25)23-18-11-6-15(3)19(22)14-18/h6,11,14,16-17H,4-5,7-10,12-13H2,1-3H3,(H,23,25). The van der Waals surface area contributed by atoms with Crippen molar-refractivity contribution in [2.24, 2.45) is 11.8 Å². The fourth-order valence-electron chi connectivity index (χ4n) is 3.65. The number of nitrogens with zero attached hydrogens (tertiary/aromatic N) is 1. The molecule has 0 aliphatic heterocycles. The second-order valence-corrected chi connectivity index (χ2v) is 7.73. The Morgan fingerprint density at radius 2 is 1.65 bits per heavy atom. The minimum absolute atomic E-state index is 0.0232. The number of hydrogen-bond acceptors (Lipinski definition) is 2. The Bertz CT molecular complexity index is 618. The molecule has 0 unspecified atom stereocenters. The Morgan fingerprint density at radius 3 is 2.19 bits per heavy atom. The summed E-state index contributed by atoms with van der Waals surface area (Å²) in [7, 11) is 0. The molecule has 0 saturated heterocycles. The van der Waals surface area contributed by atoms with E-state index in [0.29, 0.717) is 5.02 Å². The molecule has 0 bridgehead atoms. The third-order valence-electron chi connectivity index (χ3n) is 5.19. The normalized spacial score (nSPS) is 19.8. The smallest absolute Gasteiger partial charge is 0.227 e. The second-order valence-electron chi connectivity index (χ2n) is 7.33. The highest BCUT2D eigenvalue weighted by Gasteiger charge is 2.31. The van der Waals surface area contributed by atoms with Gasteiger partial charge in [-0.2, -0.15) is 0 Å². The summed E-state index contributed by atoms with van der Waals surface area (Å²) in [5, 5.41) is 3.62. The summed E-state index contributed by atoms with van der Waals surface area (Å²) in [6.45, 7) is 7.82. The van der Waals surface area contributed by atoms with Gasteiger partial charge in [-0.1, -0.05) is 31.5 Å². The first-order valence-corrected chi connectivity index (χ1v) is 10.2. The van der Waals surface area contributed by atoms with E-state index < -0.39 is 0 Å². The monoisotopic (exact) mass is 378 g/mol. The van der Waals surface area contributed by atoms with Gasteiger partial charge in [-0.3, -0.25) is 9.59 Å². The number of anilines is 1. The molecule has 1 saturated carbocycles. The summed E-state index contributed by atoms with van der Waals surface area (Å²) >= 11 is 6.12. The lowest BCUT2D eigenvalue weighted by Crippen LogP contribution is -2.39. The summed E-state index contributed by atoms with van der Waals surface area (Å²) in [4.78, 5) is 27.3. The number of nitrogens with one attached hydrogen (secondary N) is 1. The lowest BCUT2D eigenvalue weighted by Gasteiger charge is -2.31. The molecule has 5 heteroatoms. The Labute approximate surface area is 162 Å². The van der Waals surface area contributed by atoms with E-state index in [-0.39, 0.29) is 23.7 Å². The van der Waals surface area contributed by atoms with Crippen LogP contribution in [0.15, 0.2) is 18.2 Å². The van der Waals surface area contributed by atoms with Crippen molar-refractivity contribution in [2.45, 2.75) is 59.3 Å². The molecule has 144 valence electrons. The third kappa shape index (κ3) is 5.47. The van der Waals surface area contributed by atoms with Gasteiger partial charge in [0.25, 0.3) is 0 Å². The minimum atomic E-state index is -0.0232. The number of aryl methyl sites for hydroxylation is 1. The molecule has 0 radical (unpaired) electrons. The third-order valence-corrected chi connectivity index (χ3v) is 5.59. The van der Waals surface area contributed by atoms with Gasteiger partial charge in [0, 0.05) is 35.6 Å². The average molecular weight is 379 g/mol. The average Bonchev–Trinajstić information content (AvgIpc) is 2.64. The van der Waals surface area contributed by atoms with E-state index in [4.69, 9.17) is 11.6 Å². The number of rotatable bonds is 7. The van der Waals surface area contributed by atoms with Gasteiger partial charge in [-0.05, 0) is 63.1 Å². The van der Waals surface area contributed by atoms with E-state index >= 15 is 0 Å². The van der Waals surface area contributed by atoms with Crippen LogP contribution in [0.4, 0.5) is 5.69 Å². The van der Waals surface area contributed by atoms with Gasteiger partial charge in [0.15, 0.2) is 0 Å². The zero-order valence-corrected chi connectivity index (χ0v) is 16.9. The van der Waals surface area contributed by atoms with Crippen molar-refractivity contribution in [1.82, 2.24) is 4.90 Å². The van der Waals surface area contributed by atoms with Gasteiger partial charge in [0.05, 0.1) is 0 Å². The highest BCUT2D eigenvalue weighted by molar-refractivity contribution is 6.31. The van der Waals surface area contributed by atoms with Crippen LogP contribution in [0.5, 0.6) is 0 Å². The topological polar surface area (TPSA) is 49.4 Å². The quantitative estimate of drug-likeness (QED) is 0.722. The first kappa shape index (κ1) is 20.8. The van der Waals surface area contributed by atoms with Crippen molar-refractivity contribution in [2.75, 3.05) is 18.4 Å². The molecule has 0 heterocycles. The molecule has 0 spiro atoms. The van der Waals surface area contributed by atoms with Crippen molar-refractivity contribution in [3.63, 3.8) is 0 Å². The van der Waals surface area contributed by atoms with E-state index in [1.807, 2.05) is 24.0 Å². The van der Waals surface area contributed by atoms with Crippen LogP contribution < -0.4 is 5.32 Å². The van der Waals surface area contributed by atoms with Crippen molar-refractivity contribution >= 4 is 29.1 Å². The molecule has 1 fully saturated rings. The summed E-state index contributed by atoms with van der Waals surface area (Å²) in [5.41, 5.74) is 1.73. The molecule has 4 nitrogen and oxygen atoms in total. The zero-order valence-electron chi connectivity index (χ0n) is 16.2. The predicted molar refractivity (Wildman–Crippen MR) is 107 cm³/mol.